The molecule has 0 saturated heterocycles. The third kappa shape index (κ3) is 3.56. The summed E-state index contributed by atoms with van der Waals surface area (Å²) in [6.45, 7) is -0.394. The molecule has 0 fully saturated rings. The standard InChI is InChI=1S/C15H15Cl2N7O3S/c1-22-12(18)11(13(26)23(2)15(22)27)24(19)5-10(25)21-14-20-8-3-6(16)7(17)4-9(8)28-14/h3-4H,5,18-19H2,1-2H3,(H,20,21,25). The maximum Gasteiger partial charge on any atom is 0.332 e. The SMILES string of the molecule is Cn1c(N)c(N(N)CC(=O)Nc2nc3cc(Cl)c(Cl)cc3s2)c(=O)n(C)c1=O. The van der Waals surface area contributed by atoms with E-state index in [0.717, 1.165) is 18.8 Å². The zero-order valence-electron chi connectivity index (χ0n) is 14.7. The van der Waals surface area contributed by atoms with Crippen LogP contribution in [0.4, 0.5) is 16.6 Å². The van der Waals surface area contributed by atoms with Crippen LogP contribution in [-0.2, 0) is 18.9 Å². The van der Waals surface area contributed by atoms with Crippen molar-refractivity contribution < 1.29 is 4.79 Å². The fraction of sp³-hybridized carbons (Fsp3) is 0.200. The van der Waals surface area contributed by atoms with E-state index in [2.05, 4.69) is 10.3 Å². The number of hydrazine groups is 1. The predicted molar refractivity (Wildman–Crippen MR) is 111 cm³/mol. The molecule has 0 atom stereocenters. The topological polar surface area (TPSA) is 141 Å². The number of fused-ring (bicyclic) bond motifs is 1. The molecule has 0 spiro atoms. The lowest BCUT2D eigenvalue weighted by Gasteiger charge is -2.20. The zero-order valence-corrected chi connectivity index (χ0v) is 17.0. The largest absolute Gasteiger partial charge is 0.383 e. The van der Waals surface area contributed by atoms with E-state index in [9.17, 15) is 14.4 Å². The van der Waals surface area contributed by atoms with Crippen molar-refractivity contribution in [2.45, 2.75) is 0 Å². The molecule has 3 rings (SSSR count). The zero-order chi connectivity index (χ0) is 20.7. The first-order valence-electron chi connectivity index (χ1n) is 7.73. The van der Waals surface area contributed by atoms with E-state index < -0.39 is 23.7 Å². The van der Waals surface area contributed by atoms with Crippen LogP contribution in [0.15, 0.2) is 21.7 Å². The smallest absolute Gasteiger partial charge is 0.332 e. The molecule has 148 valence electrons. The summed E-state index contributed by atoms with van der Waals surface area (Å²) in [7, 11) is 2.69. The van der Waals surface area contributed by atoms with E-state index in [1.807, 2.05) is 0 Å². The molecule has 0 radical (unpaired) electrons. The molecule has 0 bridgehead atoms. The summed E-state index contributed by atoms with van der Waals surface area (Å²) in [4.78, 5) is 40.8. The number of amides is 1. The van der Waals surface area contributed by atoms with Crippen LogP contribution in [0.3, 0.4) is 0 Å². The minimum Gasteiger partial charge on any atom is -0.383 e. The summed E-state index contributed by atoms with van der Waals surface area (Å²) in [5.41, 5.74) is 4.93. The van der Waals surface area contributed by atoms with Gasteiger partial charge < -0.3 is 11.1 Å². The van der Waals surface area contributed by atoms with Gasteiger partial charge in [-0.2, -0.15) is 0 Å². The molecule has 3 aromatic rings. The van der Waals surface area contributed by atoms with Crippen LogP contribution in [0.5, 0.6) is 0 Å². The van der Waals surface area contributed by atoms with Gasteiger partial charge in [-0.05, 0) is 12.1 Å². The molecule has 2 heterocycles. The Kier molecular flexibility index (Phi) is 5.35. The maximum atomic E-state index is 12.3. The highest BCUT2D eigenvalue weighted by Gasteiger charge is 2.20. The number of rotatable bonds is 4. The number of nitrogens with one attached hydrogen (secondary N) is 1. The van der Waals surface area contributed by atoms with Crippen molar-refractivity contribution in [3.63, 3.8) is 0 Å². The van der Waals surface area contributed by atoms with Crippen molar-refractivity contribution in [1.82, 2.24) is 14.1 Å². The number of benzene rings is 1. The van der Waals surface area contributed by atoms with Crippen molar-refractivity contribution in [3.05, 3.63) is 43.0 Å². The molecule has 0 aliphatic carbocycles. The second-order valence-electron chi connectivity index (χ2n) is 5.87. The monoisotopic (exact) mass is 443 g/mol. The molecule has 10 nitrogen and oxygen atoms in total. The number of hydrogen-bond donors (Lipinski definition) is 3. The minimum absolute atomic E-state index is 0.146. The predicted octanol–water partition coefficient (Wildman–Crippen LogP) is 0.902. The maximum absolute atomic E-state index is 12.3. The number of aromatic nitrogens is 3. The lowest BCUT2D eigenvalue weighted by Crippen LogP contribution is -2.47. The number of anilines is 3. The van der Waals surface area contributed by atoms with Crippen molar-refractivity contribution in [1.29, 1.82) is 0 Å². The fourth-order valence-corrected chi connectivity index (χ4v) is 3.77. The van der Waals surface area contributed by atoms with E-state index in [0.29, 0.717) is 20.7 Å². The van der Waals surface area contributed by atoms with E-state index in [1.165, 1.54) is 25.4 Å². The van der Waals surface area contributed by atoms with Crippen LogP contribution in [0, 0.1) is 0 Å². The average Bonchev–Trinajstić information content (AvgIpc) is 2.99. The Balaban J connectivity index is 1.82. The van der Waals surface area contributed by atoms with Gasteiger partial charge in [-0.15, -0.1) is 0 Å². The van der Waals surface area contributed by atoms with Crippen LogP contribution >= 0.6 is 34.5 Å². The Hall–Kier alpha value is -2.60. The summed E-state index contributed by atoms with van der Waals surface area (Å²) in [5, 5.41) is 4.52. The fourth-order valence-electron chi connectivity index (χ4n) is 2.48. The van der Waals surface area contributed by atoms with E-state index in [4.69, 9.17) is 34.8 Å². The number of nitrogens with two attached hydrogens (primary N) is 2. The Labute approximate surface area is 171 Å². The molecule has 5 N–H and O–H groups in total. The van der Waals surface area contributed by atoms with Gasteiger partial charge >= 0.3 is 5.69 Å². The average molecular weight is 444 g/mol. The molecular weight excluding hydrogens is 429 g/mol. The number of nitrogens with zero attached hydrogens (tertiary/aromatic N) is 4. The molecule has 0 aliphatic heterocycles. The molecule has 0 saturated carbocycles. The van der Waals surface area contributed by atoms with Crippen LogP contribution < -0.4 is 33.2 Å². The number of hydrogen-bond acceptors (Lipinski definition) is 8. The van der Waals surface area contributed by atoms with E-state index in [1.54, 1.807) is 12.1 Å². The highest BCUT2D eigenvalue weighted by atomic mass is 35.5. The van der Waals surface area contributed by atoms with Gasteiger partial charge in [0.15, 0.2) is 10.8 Å². The van der Waals surface area contributed by atoms with Crippen molar-refractivity contribution in [3.8, 4) is 0 Å². The summed E-state index contributed by atoms with van der Waals surface area (Å²) < 4.78 is 2.66. The lowest BCUT2D eigenvalue weighted by atomic mass is 10.3. The van der Waals surface area contributed by atoms with Crippen LogP contribution in [0.2, 0.25) is 10.0 Å². The molecule has 2 aromatic heterocycles. The van der Waals surface area contributed by atoms with Gasteiger partial charge in [-0.3, -0.25) is 23.7 Å². The highest BCUT2D eigenvalue weighted by molar-refractivity contribution is 7.22. The van der Waals surface area contributed by atoms with Gasteiger partial charge in [-0.1, -0.05) is 34.5 Å². The molecule has 13 heteroatoms. The number of thiazole rings is 1. The molecule has 0 unspecified atom stereocenters. The Morgan fingerprint density at radius 2 is 1.89 bits per heavy atom. The quantitative estimate of drug-likeness (QED) is 0.401. The molecule has 0 aliphatic rings. The van der Waals surface area contributed by atoms with Gasteiger partial charge in [0.05, 0.1) is 20.3 Å². The Bertz CT molecular complexity index is 1180. The molecule has 28 heavy (non-hydrogen) atoms. The lowest BCUT2D eigenvalue weighted by molar-refractivity contribution is -0.115. The molecular formula is C15H15Cl2N7O3S. The van der Waals surface area contributed by atoms with E-state index >= 15 is 0 Å². The third-order valence-electron chi connectivity index (χ3n) is 3.96. The van der Waals surface area contributed by atoms with Gasteiger partial charge in [-0.25, -0.2) is 15.6 Å². The Morgan fingerprint density at radius 1 is 1.25 bits per heavy atom. The van der Waals surface area contributed by atoms with Gasteiger partial charge in [0.25, 0.3) is 5.56 Å². The minimum atomic E-state index is -0.708. The van der Waals surface area contributed by atoms with Crippen LogP contribution in [-0.4, -0.2) is 26.6 Å². The van der Waals surface area contributed by atoms with Crippen molar-refractivity contribution >= 4 is 67.3 Å². The Morgan fingerprint density at radius 3 is 2.57 bits per heavy atom. The van der Waals surface area contributed by atoms with Crippen molar-refractivity contribution in [2.75, 3.05) is 22.6 Å². The summed E-state index contributed by atoms with van der Waals surface area (Å²) in [6, 6.07) is 3.24. The second-order valence-corrected chi connectivity index (χ2v) is 7.71. The second kappa shape index (κ2) is 7.43. The normalized spacial score (nSPS) is 11.0. The summed E-state index contributed by atoms with van der Waals surface area (Å²) in [5.74, 6) is 5.19. The van der Waals surface area contributed by atoms with Crippen LogP contribution in [0.25, 0.3) is 10.2 Å². The van der Waals surface area contributed by atoms with Gasteiger partial charge in [0.2, 0.25) is 5.91 Å². The van der Waals surface area contributed by atoms with E-state index in [-0.39, 0.29) is 11.5 Å². The number of halogens is 2. The number of carbonyl (C=O) groups excluding carboxylic acids is 1. The number of nitrogen functional groups attached to an aromatic ring is 1. The van der Waals surface area contributed by atoms with Gasteiger partial charge in [0, 0.05) is 14.1 Å². The summed E-state index contributed by atoms with van der Waals surface area (Å²) >= 11 is 13.1. The third-order valence-corrected chi connectivity index (χ3v) is 5.62. The molecule has 1 aromatic carbocycles. The first kappa shape index (κ1) is 20.1. The molecule has 1 amide bonds. The van der Waals surface area contributed by atoms with Gasteiger partial charge in [0.1, 0.15) is 12.4 Å². The first-order valence-corrected chi connectivity index (χ1v) is 9.30. The first-order chi connectivity index (χ1) is 13.1. The number of carbonyl (C=O) groups is 1. The van der Waals surface area contributed by atoms with Crippen LogP contribution in [0.1, 0.15) is 0 Å². The summed E-state index contributed by atoms with van der Waals surface area (Å²) in [6.07, 6.45) is 0. The van der Waals surface area contributed by atoms with Crippen molar-refractivity contribution in [2.24, 2.45) is 19.9 Å². The highest BCUT2D eigenvalue weighted by Crippen LogP contribution is 2.32.